The number of hydrogen-bond donors (Lipinski definition) is 0. The molecule has 0 aliphatic heterocycles. The fraction of sp³-hybridized carbons (Fsp3) is 0.273. The molecule has 1 nitrogen and oxygen atoms in total. The van der Waals surface area contributed by atoms with E-state index in [1.807, 2.05) is 0 Å². The van der Waals surface area contributed by atoms with Crippen molar-refractivity contribution < 1.29 is 4.74 Å². The van der Waals surface area contributed by atoms with E-state index in [1.165, 1.54) is 27.8 Å². The number of rotatable bonds is 6. The van der Waals surface area contributed by atoms with E-state index in [0.717, 1.165) is 24.2 Å². The molecule has 2 aromatic carbocycles. The monoisotopic (exact) mass is 306 g/mol. The number of aryl methyl sites for hydroxylation is 2. The van der Waals surface area contributed by atoms with Crippen molar-refractivity contribution in [3.8, 4) is 5.75 Å². The third kappa shape index (κ3) is 4.85. The molecule has 0 unspecified atom stereocenters. The first-order valence-corrected chi connectivity index (χ1v) is 8.03. The van der Waals surface area contributed by atoms with E-state index >= 15 is 0 Å². The smallest absolute Gasteiger partial charge is 0.122 e. The maximum absolute atomic E-state index is 5.39. The van der Waals surface area contributed by atoms with Crippen LogP contribution in [0.3, 0.4) is 0 Å². The van der Waals surface area contributed by atoms with Crippen LogP contribution in [0.5, 0.6) is 5.75 Å². The number of ether oxygens (including phenoxy) is 1. The number of benzene rings is 2. The van der Waals surface area contributed by atoms with Gasteiger partial charge in [-0.05, 0) is 61.9 Å². The van der Waals surface area contributed by atoms with Gasteiger partial charge in [0.25, 0.3) is 0 Å². The van der Waals surface area contributed by atoms with Crippen molar-refractivity contribution in [2.75, 3.05) is 7.11 Å². The van der Waals surface area contributed by atoms with E-state index in [2.05, 4.69) is 75.9 Å². The Morgan fingerprint density at radius 2 is 1.78 bits per heavy atom. The van der Waals surface area contributed by atoms with Crippen molar-refractivity contribution in [2.24, 2.45) is 0 Å². The number of hydrogen-bond acceptors (Lipinski definition) is 1. The third-order valence-corrected chi connectivity index (χ3v) is 4.13. The van der Waals surface area contributed by atoms with E-state index in [4.69, 9.17) is 4.74 Å². The summed E-state index contributed by atoms with van der Waals surface area (Å²) in [6.07, 6.45) is 4.04. The summed E-state index contributed by atoms with van der Waals surface area (Å²) < 4.78 is 5.39. The van der Waals surface area contributed by atoms with E-state index in [0.29, 0.717) is 0 Å². The summed E-state index contributed by atoms with van der Waals surface area (Å²) in [5, 5.41) is 0. The van der Waals surface area contributed by atoms with Crippen molar-refractivity contribution >= 4 is 5.57 Å². The van der Waals surface area contributed by atoms with Crippen LogP contribution in [0.15, 0.2) is 60.7 Å². The van der Waals surface area contributed by atoms with Crippen LogP contribution in [0, 0.1) is 13.8 Å². The molecule has 23 heavy (non-hydrogen) atoms. The van der Waals surface area contributed by atoms with Crippen molar-refractivity contribution in [3.63, 3.8) is 0 Å². The van der Waals surface area contributed by atoms with Crippen molar-refractivity contribution in [1.29, 1.82) is 0 Å². The van der Waals surface area contributed by atoms with Gasteiger partial charge in [-0.2, -0.15) is 0 Å². The third-order valence-electron chi connectivity index (χ3n) is 4.13. The minimum absolute atomic E-state index is 0.883. The van der Waals surface area contributed by atoms with E-state index in [-0.39, 0.29) is 0 Å². The molecule has 0 spiro atoms. The lowest BCUT2D eigenvalue weighted by Gasteiger charge is -2.09. The highest BCUT2D eigenvalue weighted by atomic mass is 16.5. The predicted molar refractivity (Wildman–Crippen MR) is 100 cm³/mol. The van der Waals surface area contributed by atoms with Gasteiger partial charge < -0.3 is 4.74 Å². The Hall–Kier alpha value is -2.28. The molecular formula is C22H26O. The Kier molecular flexibility index (Phi) is 5.81. The number of methoxy groups -OCH3 is 1. The van der Waals surface area contributed by atoms with Crippen LogP contribution in [0.25, 0.3) is 5.57 Å². The molecule has 0 N–H and O–H groups in total. The Bertz CT molecular complexity index is 705. The summed E-state index contributed by atoms with van der Waals surface area (Å²) in [7, 11) is 1.72. The molecule has 0 fully saturated rings. The van der Waals surface area contributed by atoms with E-state index < -0.39 is 0 Å². The summed E-state index contributed by atoms with van der Waals surface area (Å²) in [6.45, 7) is 10.6. The fourth-order valence-corrected chi connectivity index (χ4v) is 2.57. The highest BCUT2D eigenvalue weighted by Crippen LogP contribution is 2.22. The van der Waals surface area contributed by atoms with Gasteiger partial charge in [0, 0.05) is 0 Å². The van der Waals surface area contributed by atoms with Crippen LogP contribution < -0.4 is 4.74 Å². The molecular weight excluding hydrogens is 280 g/mol. The first kappa shape index (κ1) is 17.1. The molecule has 0 atom stereocenters. The van der Waals surface area contributed by atoms with Gasteiger partial charge in [0.1, 0.15) is 5.75 Å². The summed E-state index contributed by atoms with van der Waals surface area (Å²) in [5.41, 5.74) is 7.49. The summed E-state index contributed by atoms with van der Waals surface area (Å²) in [4.78, 5) is 0. The zero-order chi connectivity index (χ0) is 16.8. The SMILES string of the molecule is C=C(C/C=C(\C)c1ccc(C)cc1)Cc1ccc(C)c(OC)c1. The van der Waals surface area contributed by atoms with Gasteiger partial charge in [0.15, 0.2) is 0 Å². The Labute approximate surface area is 140 Å². The summed E-state index contributed by atoms with van der Waals surface area (Å²) >= 11 is 0. The van der Waals surface area contributed by atoms with E-state index in [1.54, 1.807) is 7.11 Å². The van der Waals surface area contributed by atoms with Gasteiger partial charge >= 0.3 is 0 Å². The standard InChI is InChI=1S/C22H26O/c1-16-7-12-21(13-8-16)18(3)9-6-17(2)14-20-11-10-19(4)22(15-20)23-5/h7-13,15H,2,6,14H2,1,3-5H3/b18-9+. The topological polar surface area (TPSA) is 9.23 Å². The summed E-state index contributed by atoms with van der Waals surface area (Å²) in [6, 6.07) is 15.0. The van der Waals surface area contributed by atoms with Gasteiger partial charge in [-0.15, -0.1) is 0 Å². The maximum Gasteiger partial charge on any atom is 0.122 e. The molecule has 0 saturated heterocycles. The highest BCUT2D eigenvalue weighted by molar-refractivity contribution is 5.64. The summed E-state index contributed by atoms with van der Waals surface area (Å²) in [5.74, 6) is 0.946. The van der Waals surface area contributed by atoms with Crippen LogP contribution in [0.2, 0.25) is 0 Å². The lowest BCUT2D eigenvalue weighted by molar-refractivity contribution is 0.411. The molecule has 120 valence electrons. The lowest BCUT2D eigenvalue weighted by Crippen LogP contribution is -1.93. The molecule has 2 rings (SSSR count). The minimum Gasteiger partial charge on any atom is -0.496 e. The molecule has 0 amide bonds. The molecule has 2 aromatic rings. The second kappa shape index (κ2) is 7.82. The largest absolute Gasteiger partial charge is 0.496 e. The molecule has 0 aromatic heterocycles. The average molecular weight is 306 g/mol. The zero-order valence-corrected chi connectivity index (χ0v) is 14.6. The van der Waals surface area contributed by atoms with Crippen LogP contribution in [0.1, 0.15) is 35.6 Å². The van der Waals surface area contributed by atoms with E-state index in [9.17, 15) is 0 Å². The second-order valence-electron chi connectivity index (χ2n) is 6.19. The van der Waals surface area contributed by atoms with Crippen molar-refractivity contribution in [1.82, 2.24) is 0 Å². The van der Waals surface area contributed by atoms with Gasteiger partial charge in [-0.1, -0.05) is 60.2 Å². The predicted octanol–water partition coefficient (Wildman–Crippen LogP) is 5.90. The van der Waals surface area contributed by atoms with Gasteiger partial charge in [0.05, 0.1) is 7.11 Å². The Balaban J connectivity index is 1.99. The first-order valence-electron chi connectivity index (χ1n) is 8.03. The normalized spacial score (nSPS) is 11.4. The average Bonchev–Trinajstić information content (AvgIpc) is 2.55. The fourth-order valence-electron chi connectivity index (χ4n) is 2.57. The lowest BCUT2D eigenvalue weighted by atomic mass is 9.99. The van der Waals surface area contributed by atoms with Crippen LogP contribution in [-0.2, 0) is 6.42 Å². The van der Waals surface area contributed by atoms with Crippen LogP contribution >= 0.6 is 0 Å². The first-order chi connectivity index (χ1) is 11.0. The van der Waals surface area contributed by atoms with Gasteiger partial charge in [0.2, 0.25) is 0 Å². The maximum atomic E-state index is 5.39. The molecule has 0 bridgehead atoms. The van der Waals surface area contributed by atoms with Gasteiger partial charge in [-0.3, -0.25) is 0 Å². The molecule has 1 heteroatoms. The van der Waals surface area contributed by atoms with Crippen molar-refractivity contribution in [2.45, 2.75) is 33.6 Å². The van der Waals surface area contributed by atoms with Crippen LogP contribution in [0.4, 0.5) is 0 Å². The Morgan fingerprint density at radius 3 is 2.43 bits per heavy atom. The number of allylic oxidation sites excluding steroid dienone is 3. The molecule has 0 radical (unpaired) electrons. The Morgan fingerprint density at radius 1 is 1.09 bits per heavy atom. The molecule has 0 heterocycles. The zero-order valence-electron chi connectivity index (χ0n) is 14.6. The van der Waals surface area contributed by atoms with Gasteiger partial charge in [-0.25, -0.2) is 0 Å². The molecule has 0 aliphatic rings. The highest BCUT2D eigenvalue weighted by Gasteiger charge is 2.02. The molecule has 0 saturated carbocycles. The second-order valence-corrected chi connectivity index (χ2v) is 6.19. The minimum atomic E-state index is 0.883. The molecule has 0 aliphatic carbocycles. The van der Waals surface area contributed by atoms with Crippen molar-refractivity contribution in [3.05, 3.63) is 82.9 Å². The quantitative estimate of drug-likeness (QED) is 0.603. The van der Waals surface area contributed by atoms with Crippen LogP contribution in [-0.4, -0.2) is 7.11 Å².